The Morgan fingerprint density at radius 1 is 1.26 bits per heavy atom. The van der Waals surface area contributed by atoms with Gasteiger partial charge in [0.05, 0.1) is 15.7 Å². The topological polar surface area (TPSA) is 59.4 Å². The van der Waals surface area contributed by atoms with Gasteiger partial charge >= 0.3 is 5.97 Å². The fourth-order valence-corrected chi connectivity index (χ4v) is 2.42. The number of pyridine rings is 1. The predicted octanol–water partition coefficient (Wildman–Crippen LogP) is 4.49. The molecule has 8 heteroatoms. The van der Waals surface area contributed by atoms with Crippen molar-refractivity contribution < 1.29 is 23.4 Å². The summed E-state index contributed by atoms with van der Waals surface area (Å²) in [7, 11) is 1.18. The lowest BCUT2D eigenvalue weighted by atomic mass is 10.0. The predicted molar refractivity (Wildman–Crippen MR) is 82.4 cm³/mol. The Morgan fingerprint density at radius 3 is 2.52 bits per heavy atom. The molecule has 1 heterocycles. The molecule has 2 rings (SSSR count). The highest BCUT2D eigenvalue weighted by Gasteiger charge is 2.32. The summed E-state index contributed by atoms with van der Waals surface area (Å²) >= 11 is 11.8. The smallest absolute Gasteiger partial charge is 0.356 e. The summed E-state index contributed by atoms with van der Waals surface area (Å²) in [4.78, 5) is 15.0. The third-order valence-corrected chi connectivity index (χ3v) is 3.66. The average molecular weight is 362 g/mol. The molecule has 0 saturated heterocycles. The van der Waals surface area contributed by atoms with E-state index in [4.69, 9.17) is 28.3 Å². The fourth-order valence-electron chi connectivity index (χ4n) is 1.96. The number of alkyl halides is 2. The van der Waals surface area contributed by atoms with E-state index in [0.717, 1.165) is 6.07 Å². The number of hydrogen-bond donors (Lipinski definition) is 1. The molecule has 0 radical (unpaired) electrons. The first-order chi connectivity index (χ1) is 10.8. The zero-order chi connectivity index (χ0) is 17.2. The van der Waals surface area contributed by atoms with Crippen LogP contribution in [-0.4, -0.2) is 29.8 Å². The molecule has 0 amide bonds. The van der Waals surface area contributed by atoms with Crippen LogP contribution in [0.25, 0.3) is 11.3 Å². The number of carboxylic acids is 1. The first-order valence-corrected chi connectivity index (χ1v) is 7.09. The van der Waals surface area contributed by atoms with Crippen LogP contribution in [-0.2, 0) is 10.7 Å². The Balaban J connectivity index is 2.46. The van der Waals surface area contributed by atoms with Crippen LogP contribution in [0.4, 0.5) is 8.78 Å². The van der Waals surface area contributed by atoms with Crippen LogP contribution >= 0.6 is 23.2 Å². The molecule has 0 saturated carbocycles. The summed E-state index contributed by atoms with van der Waals surface area (Å²) in [6.07, 6.45) is 0. The number of aromatic carboxylic acids is 1. The van der Waals surface area contributed by atoms with E-state index in [0.29, 0.717) is 5.56 Å². The Labute approximate surface area is 140 Å². The third kappa shape index (κ3) is 3.77. The van der Waals surface area contributed by atoms with Gasteiger partial charge in [0.15, 0.2) is 5.69 Å². The van der Waals surface area contributed by atoms with E-state index in [1.807, 2.05) is 0 Å². The second-order valence-electron chi connectivity index (χ2n) is 4.66. The van der Waals surface area contributed by atoms with Crippen LogP contribution in [0.3, 0.4) is 0 Å². The van der Waals surface area contributed by atoms with Gasteiger partial charge in [-0.2, -0.15) is 8.78 Å². The number of methoxy groups -OCH3 is 1. The molecule has 1 aromatic carbocycles. The quantitative estimate of drug-likeness (QED) is 0.851. The molecule has 0 bridgehead atoms. The van der Waals surface area contributed by atoms with Gasteiger partial charge in [0.1, 0.15) is 6.61 Å². The largest absolute Gasteiger partial charge is 0.476 e. The lowest BCUT2D eigenvalue weighted by Gasteiger charge is -2.16. The summed E-state index contributed by atoms with van der Waals surface area (Å²) in [5, 5.41) is 9.01. The first-order valence-electron chi connectivity index (χ1n) is 6.33. The summed E-state index contributed by atoms with van der Waals surface area (Å²) in [6.45, 7) is -0.773. The first kappa shape index (κ1) is 17.6. The van der Waals surface area contributed by atoms with Gasteiger partial charge < -0.3 is 9.84 Å². The molecule has 0 aliphatic rings. The monoisotopic (exact) mass is 361 g/mol. The number of benzene rings is 1. The number of carbonyl (C=O) groups is 1. The van der Waals surface area contributed by atoms with E-state index in [1.54, 1.807) is 0 Å². The highest BCUT2D eigenvalue weighted by atomic mass is 35.5. The van der Waals surface area contributed by atoms with Crippen molar-refractivity contribution in [2.45, 2.75) is 5.92 Å². The zero-order valence-electron chi connectivity index (χ0n) is 11.8. The number of halogens is 4. The highest BCUT2D eigenvalue weighted by Crippen LogP contribution is 2.35. The van der Waals surface area contributed by atoms with Gasteiger partial charge in [0, 0.05) is 18.2 Å². The standard InChI is InChI=1S/C15H11Cl2F2NO3/c1-23-7-15(18,19)8-2-3-9(11(17)6-8)12-5-4-10(16)13(20-12)14(21)22/h2-6H,7H2,1H3,(H,21,22). The van der Waals surface area contributed by atoms with E-state index < -0.39 is 18.5 Å². The van der Waals surface area contributed by atoms with Crippen LogP contribution in [0.15, 0.2) is 30.3 Å². The number of aromatic nitrogens is 1. The van der Waals surface area contributed by atoms with Crippen molar-refractivity contribution in [1.29, 1.82) is 0 Å². The van der Waals surface area contributed by atoms with Crippen molar-refractivity contribution in [3.63, 3.8) is 0 Å². The lowest BCUT2D eigenvalue weighted by Crippen LogP contribution is -2.20. The normalized spacial score (nSPS) is 11.5. The molecule has 0 fully saturated rings. The van der Waals surface area contributed by atoms with E-state index in [-0.39, 0.29) is 27.0 Å². The maximum Gasteiger partial charge on any atom is 0.356 e. The molecule has 1 N–H and O–H groups in total. The third-order valence-electron chi connectivity index (χ3n) is 3.04. The van der Waals surface area contributed by atoms with Gasteiger partial charge in [-0.25, -0.2) is 9.78 Å². The van der Waals surface area contributed by atoms with Crippen molar-refractivity contribution in [3.05, 3.63) is 51.6 Å². The second kappa shape index (κ2) is 6.78. The molecule has 122 valence electrons. The van der Waals surface area contributed by atoms with Gasteiger partial charge in [0.25, 0.3) is 5.92 Å². The van der Waals surface area contributed by atoms with Gasteiger partial charge in [-0.15, -0.1) is 0 Å². The molecule has 0 spiro atoms. The van der Waals surface area contributed by atoms with Crippen molar-refractivity contribution in [2.75, 3.05) is 13.7 Å². The highest BCUT2D eigenvalue weighted by molar-refractivity contribution is 6.34. The number of hydrogen-bond acceptors (Lipinski definition) is 3. The maximum atomic E-state index is 13.8. The SMILES string of the molecule is COCC(F)(F)c1ccc(-c2ccc(Cl)c(C(=O)O)n2)c(Cl)c1. The van der Waals surface area contributed by atoms with Gasteiger partial charge in [-0.1, -0.05) is 35.3 Å². The van der Waals surface area contributed by atoms with Gasteiger partial charge in [0.2, 0.25) is 0 Å². The van der Waals surface area contributed by atoms with Crippen LogP contribution < -0.4 is 0 Å². The van der Waals surface area contributed by atoms with Crippen molar-refractivity contribution in [3.8, 4) is 11.3 Å². The second-order valence-corrected chi connectivity index (χ2v) is 5.48. The Morgan fingerprint density at radius 2 is 1.96 bits per heavy atom. The molecule has 23 heavy (non-hydrogen) atoms. The molecule has 0 aliphatic heterocycles. The number of carboxylic acid groups (broad SMARTS) is 1. The van der Waals surface area contributed by atoms with Gasteiger partial charge in [-0.3, -0.25) is 0 Å². The van der Waals surface area contributed by atoms with Crippen LogP contribution in [0.5, 0.6) is 0 Å². The molecule has 1 aromatic heterocycles. The van der Waals surface area contributed by atoms with Crippen molar-refractivity contribution in [2.24, 2.45) is 0 Å². The average Bonchev–Trinajstić information content (AvgIpc) is 2.47. The molecule has 2 aromatic rings. The Kier molecular flexibility index (Phi) is 5.19. The molecule has 0 aliphatic carbocycles. The van der Waals surface area contributed by atoms with Gasteiger partial charge in [-0.05, 0) is 18.2 Å². The minimum absolute atomic E-state index is 0.0180. The minimum atomic E-state index is -3.18. The fraction of sp³-hybridized carbons (Fsp3) is 0.200. The number of rotatable bonds is 5. The minimum Gasteiger partial charge on any atom is -0.476 e. The maximum absolute atomic E-state index is 13.8. The van der Waals surface area contributed by atoms with E-state index in [1.165, 1.54) is 31.4 Å². The number of ether oxygens (including phenoxy) is 1. The number of nitrogens with zero attached hydrogens (tertiary/aromatic N) is 1. The Bertz CT molecular complexity index is 753. The van der Waals surface area contributed by atoms with Crippen LogP contribution in [0, 0.1) is 0 Å². The van der Waals surface area contributed by atoms with Crippen molar-refractivity contribution in [1.82, 2.24) is 4.98 Å². The summed E-state index contributed by atoms with van der Waals surface area (Å²) in [5.74, 6) is -4.48. The zero-order valence-corrected chi connectivity index (χ0v) is 13.3. The van der Waals surface area contributed by atoms with E-state index in [2.05, 4.69) is 9.72 Å². The summed E-state index contributed by atoms with van der Waals surface area (Å²) in [5.41, 5.74) is -0.101. The Hall–Kier alpha value is -1.76. The van der Waals surface area contributed by atoms with E-state index in [9.17, 15) is 13.6 Å². The molecule has 0 atom stereocenters. The molecule has 0 unspecified atom stereocenters. The molecular formula is C15H11Cl2F2NO3. The molecular weight excluding hydrogens is 351 g/mol. The van der Waals surface area contributed by atoms with Crippen LogP contribution in [0.1, 0.15) is 16.1 Å². The van der Waals surface area contributed by atoms with Crippen molar-refractivity contribution >= 4 is 29.2 Å². The van der Waals surface area contributed by atoms with E-state index >= 15 is 0 Å². The van der Waals surface area contributed by atoms with Crippen LogP contribution in [0.2, 0.25) is 10.0 Å². The molecule has 4 nitrogen and oxygen atoms in total. The summed E-state index contributed by atoms with van der Waals surface area (Å²) in [6, 6.07) is 6.47. The summed E-state index contributed by atoms with van der Waals surface area (Å²) < 4.78 is 32.1. The lowest BCUT2D eigenvalue weighted by molar-refractivity contribution is -0.0697.